The summed E-state index contributed by atoms with van der Waals surface area (Å²) in [5.41, 5.74) is 1.12. The van der Waals surface area contributed by atoms with Gasteiger partial charge >= 0.3 is 4.87 Å². The number of nitro benzene ring substituents is 1. The van der Waals surface area contributed by atoms with Crippen molar-refractivity contribution in [3.63, 3.8) is 0 Å². The molecule has 0 bridgehead atoms. The van der Waals surface area contributed by atoms with Gasteiger partial charge in [0.2, 0.25) is 17.7 Å². The fourth-order valence-corrected chi connectivity index (χ4v) is 8.05. The Morgan fingerprint density at radius 2 is 1.64 bits per heavy atom. The van der Waals surface area contributed by atoms with Crippen LogP contribution in [0.5, 0.6) is 5.75 Å². The van der Waals surface area contributed by atoms with Crippen molar-refractivity contribution in [1.29, 1.82) is 0 Å². The number of hydrogen-bond donors (Lipinski definition) is 2. The van der Waals surface area contributed by atoms with Gasteiger partial charge in [0, 0.05) is 33.6 Å². The van der Waals surface area contributed by atoms with Crippen molar-refractivity contribution < 1.29 is 24.4 Å². The van der Waals surface area contributed by atoms with Crippen LogP contribution in [0.15, 0.2) is 82.6 Å². The summed E-state index contributed by atoms with van der Waals surface area (Å²) in [4.78, 5) is 65.5. The number of aromatic nitrogens is 1. The first kappa shape index (κ1) is 27.7. The van der Waals surface area contributed by atoms with Gasteiger partial charge in [-0.15, -0.1) is 0 Å². The Morgan fingerprint density at radius 1 is 0.976 bits per heavy atom. The molecule has 212 valence electrons. The number of carbonyl (C=O) groups excluding carboxylic acids is 3. The third kappa shape index (κ3) is 4.85. The third-order valence-electron chi connectivity index (χ3n) is 7.05. The predicted molar refractivity (Wildman–Crippen MR) is 157 cm³/mol. The Hall–Kier alpha value is -4.46. The van der Waals surface area contributed by atoms with Crippen LogP contribution in [-0.2, 0) is 20.9 Å². The van der Waals surface area contributed by atoms with E-state index >= 15 is 0 Å². The van der Waals surface area contributed by atoms with Crippen molar-refractivity contribution in [3.05, 3.63) is 108 Å². The van der Waals surface area contributed by atoms with Crippen molar-refractivity contribution in [2.45, 2.75) is 22.7 Å². The number of anilines is 2. The molecular weight excluding hydrogens is 604 g/mol. The molecule has 3 aromatic carbocycles. The highest BCUT2D eigenvalue weighted by molar-refractivity contribution is 8.00. The number of thiazole rings is 1. The van der Waals surface area contributed by atoms with Gasteiger partial charge in [0.25, 0.3) is 5.69 Å². The molecule has 3 heterocycles. The standard InChI is InChI=1S/C28H19ClN4O7S2/c29-15-3-1-14(2-4-15)21-22-23(26(37)32(25(22)36)17-7-9-18(10-8-17)33(39)40)41-27-24(21)42-28(38)31(27)13-20(35)30-16-5-11-19(34)12-6-16/h1-12,21-23,34H,13H2,(H,30,35)/t21-,22?,23?/m1/s1. The van der Waals surface area contributed by atoms with Crippen LogP contribution in [0, 0.1) is 16.0 Å². The number of fused-ring (bicyclic) bond motifs is 2. The highest BCUT2D eigenvalue weighted by atomic mass is 35.5. The number of rotatable bonds is 6. The average Bonchev–Trinajstić information content (AvgIpc) is 3.41. The van der Waals surface area contributed by atoms with Crippen LogP contribution >= 0.6 is 34.7 Å². The Bertz CT molecular complexity index is 1800. The molecule has 6 rings (SSSR count). The summed E-state index contributed by atoms with van der Waals surface area (Å²) in [6.45, 7) is -0.336. The molecule has 3 amide bonds. The van der Waals surface area contributed by atoms with Gasteiger partial charge in [-0.3, -0.25) is 33.9 Å². The minimum Gasteiger partial charge on any atom is -0.508 e. The maximum Gasteiger partial charge on any atom is 0.308 e. The van der Waals surface area contributed by atoms with Gasteiger partial charge in [0.15, 0.2) is 0 Å². The van der Waals surface area contributed by atoms with Crippen LogP contribution in [-0.4, -0.2) is 37.6 Å². The number of carbonyl (C=O) groups is 3. The number of imide groups is 1. The number of hydrogen-bond acceptors (Lipinski definition) is 9. The normalized spacial score (nSPS) is 19.4. The monoisotopic (exact) mass is 622 g/mol. The molecule has 0 aliphatic carbocycles. The van der Waals surface area contributed by atoms with Gasteiger partial charge in [0.1, 0.15) is 17.5 Å². The number of non-ortho nitro benzene ring substituents is 1. The summed E-state index contributed by atoms with van der Waals surface area (Å²) >= 11 is 8.09. The van der Waals surface area contributed by atoms with Crippen molar-refractivity contribution in [3.8, 4) is 5.75 Å². The van der Waals surface area contributed by atoms with Crippen molar-refractivity contribution >= 4 is 69.5 Å². The molecule has 11 nitrogen and oxygen atoms in total. The number of phenolic OH excluding ortho intramolecular Hbond substituents is 1. The van der Waals surface area contributed by atoms with Crippen LogP contribution < -0.4 is 15.1 Å². The second-order valence-corrected chi connectivity index (χ2v) is 12.2. The number of phenols is 1. The molecule has 0 radical (unpaired) electrons. The molecule has 4 aromatic rings. The molecule has 2 aliphatic rings. The number of benzene rings is 3. The molecule has 0 saturated carbocycles. The van der Waals surface area contributed by atoms with Gasteiger partial charge in [-0.05, 0) is 54.1 Å². The van der Waals surface area contributed by atoms with E-state index in [4.69, 9.17) is 11.6 Å². The Morgan fingerprint density at radius 3 is 2.29 bits per heavy atom. The molecular formula is C28H19ClN4O7S2. The van der Waals surface area contributed by atoms with E-state index in [9.17, 15) is 34.4 Å². The molecule has 42 heavy (non-hydrogen) atoms. The maximum atomic E-state index is 13.9. The lowest BCUT2D eigenvalue weighted by atomic mass is 9.83. The van der Waals surface area contributed by atoms with E-state index < -0.39 is 44.6 Å². The van der Waals surface area contributed by atoms with Gasteiger partial charge in [0.05, 0.1) is 21.6 Å². The number of nitrogens with one attached hydrogen (secondary N) is 1. The van der Waals surface area contributed by atoms with Crippen molar-refractivity contribution in [1.82, 2.24) is 4.57 Å². The van der Waals surface area contributed by atoms with E-state index in [0.29, 0.717) is 26.2 Å². The SMILES string of the molecule is O=C(Cn1c2c(sc1=O)[C@H](c1ccc(Cl)cc1)C1C(=O)N(c3ccc([N+](=O)[O-])cc3)C(=O)C1S2)Nc1ccc(O)cc1. The van der Waals surface area contributed by atoms with Gasteiger partial charge in [-0.1, -0.05) is 46.8 Å². The number of nitrogens with zero attached hydrogens (tertiary/aromatic N) is 3. The summed E-state index contributed by atoms with van der Waals surface area (Å²) in [7, 11) is 0. The molecule has 2 unspecified atom stereocenters. The second-order valence-electron chi connectivity index (χ2n) is 9.60. The Labute approximate surface area is 250 Å². The molecule has 1 fully saturated rings. The topological polar surface area (TPSA) is 152 Å². The minimum absolute atomic E-state index is 0.0360. The Balaban J connectivity index is 1.39. The lowest BCUT2D eigenvalue weighted by molar-refractivity contribution is -0.384. The second kappa shape index (κ2) is 10.7. The fourth-order valence-electron chi connectivity index (χ4n) is 5.15. The number of amides is 3. The highest BCUT2D eigenvalue weighted by Gasteiger charge is 2.56. The van der Waals surface area contributed by atoms with Crippen LogP contribution in [0.2, 0.25) is 5.02 Å². The highest BCUT2D eigenvalue weighted by Crippen LogP contribution is 2.54. The molecule has 1 saturated heterocycles. The van der Waals surface area contributed by atoms with Crippen molar-refractivity contribution in [2.24, 2.45) is 5.92 Å². The zero-order chi connectivity index (χ0) is 29.7. The van der Waals surface area contributed by atoms with Crippen LogP contribution in [0.25, 0.3) is 0 Å². The van der Waals surface area contributed by atoms with Crippen molar-refractivity contribution in [2.75, 3.05) is 10.2 Å². The number of aromatic hydroxyl groups is 1. The van der Waals surface area contributed by atoms with E-state index in [-0.39, 0.29) is 23.7 Å². The van der Waals surface area contributed by atoms with Gasteiger partial charge in [-0.2, -0.15) is 0 Å². The summed E-state index contributed by atoms with van der Waals surface area (Å²) in [5.74, 6) is -3.02. The lowest BCUT2D eigenvalue weighted by Gasteiger charge is -2.30. The molecule has 0 spiro atoms. The maximum absolute atomic E-state index is 13.9. The zero-order valence-corrected chi connectivity index (χ0v) is 23.7. The summed E-state index contributed by atoms with van der Waals surface area (Å²) in [6.07, 6.45) is 0. The largest absolute Gasteiger partial charge is 0.508 e. The summed E-state index contributed by atoms with van der Waals surface area (Å²) < 4.78 is 1.30. The Kier molecular flexibility index (Phi) is 7.09. The van der Waals surface area contributed by atoms with Crippen LogP contribution in [0.1, 0.15) is 16.4 Å². The van der Waals surface area contributed by atoms with Crippen LogP contribution in [0.3, 0.4) is 0 Å². The van der Waals surface area contributed by atoms with E-state index in [1.807, 2.05) is 0 Å². The first-order valence-corrected chi connectivity index (χ1v) is 14.6. The smallest absolute Gasteiger partial charge is 0.308 e. The van der Waals surface area contributed by atoms with Crippen LogP contribution in [0.4, 0.5) is 17.1 Å². The average molecular weight is 623 g/mol. The number of halogens is 1. The van der Waals surface area contributed by atoms with E-state index in [0.717, 1.165) is 28.0 Å². The molecule has 2 N–H and O–H groups in total. The fraction of sp³-hybridized carbons (Fsp3) is 0.143. The van der Waals surface area contributed by atoms with Gasteiger partial charge in [-0.25, -0.2) is 4.90 Å². The van der Waals surface area contributed by atoms with E-state index in [2.05, 4.69) is 5.32 Å². The third-order valence-corrected chi connectivity index (χ3v) is 9.91. The first-order valence-electron chi connectivity index (χ1n) is 12.5. The quantitative estimate of drug-likeness (QED) is 0.137. The van der Waals surface area contributed by atoms with E-state index in [1.165, 1.54) is 53.1 Å². The number of nitro groups is 1. The lowest BCUT2D eigenvalue weighted by Crippen LogP contribution is -2.33. The summed E-state index contributed by atoms with van der Waals surface area (Å²) in [6, 6.07) is 17.8. The molecule has 14 heteroatoms. The predicted octanol–water partition coefficient (Wildman–Crippen LogP) is 4.61. The molecule has 3 atom stereocenters. The first-order chi connectivity index (χ1) is 20.1. The number of thioether (sulfide) groups is 1. The van der Waals surface area contributed by atoms with Gasteiger partial charge < -0.3 is 10.4 Å². The minimum atomic E-state index is -0.915. The zero-order valence-electron chi connectivity index (χ0n) is 21.3. The molecule has 1 aromatic heterocycles. The molecule has 2 aliphatic heterocycles. The summed E-state index contributed by atoms with van der Waals surface area (Å²) in [5, 5.41) is 23.3. The van der Waals surface area contributed by atoms with E-state index in [1.54, 1.807) is 24.3 Å².